The Morgan fingerprint density at radius 2 is 1.68 bits per heavy atom. The van der Waals surface area contributed by atoms with Gasteiger partial charge in [0.15, 0.2) is 0 Å². The van der Waals surface area contributed by atoms with E-state index in [4.69, 9.17) is 11.6 Å². The van der Waals surface area contributed by atoms with Crippen LogP contribution in [0.25, 0.3) is 0 Å². The van der Waals surface area contributed by atoms with E-state index in [1.54, 1.807) is 0 Å². The molecule has 19 heavy (non-hydrogen) atoms. The van der Waals surface area contributed by atoms with Crippen LogP contribution in [0, 0.1) is 0 Å². The predicted octanol–water partition coefficient (Wildman–Crippen LogP) is 4.29. The standard InChI is InChI=1S/C17H18ClN/c18-17-9-3-5-14(11-17)6-4-10-19-12-15-7-1-2-8-16(15)13-19/h1-3,5,7-9,11H,4,6,10,12-13H2. The Balaban J connectivity index is 1.50. The summed E-state index contributed by atoms with van der Waals surface area (Å²) in [6.45, 7) is 3.36. The van der Waals surface area contributed by atoms with Crippen molar-refractivity contribution in [3.63, 3.8) is 0 Å². The van der Waals surface area contributed by atoms with E-state index < -0.39 is 0 Å². The van der Waals surface area contributed by atoms with Crippen LogP contribution in [0.5, 0.6) is 0 Å². The quantitative estimate of drug-likeness (QED) is 0.802. The number of benzene rings is 2. The summed E-state index contributed by atoms with van der Waals surface area (Å²) < 4.78 is 0. The van der Waals surface area contributed by atoms with Gasteiger partial charge in [-0.2, -0.15) is 0 Å². The van der Waals surface area contributed by atoms with Crippen LogP contribution < -0.4 is 0 Å². The second kappa shape index (κ2) is 5.77. The molecule has 98 valence electrons. The van der Waals surface area contributed by atoms with Gasteiger partial charge in [-0.15, -0.1) is 0 Å². The molecule has 0 bridgehead atoms. The van der Waals surface area contributed by atoms with Crippen molar-refractivity contribution in [1.82, 2.24) is 4.90 Å². The highest BCUT2D eigenvalue weighted by Gasteiger charge is 2.17. The minimum absolute atomic E-state index is 0.839. The fraction of sp³-hybridized carbons (Fsp3) is 0.294. The lowest BCUT2D eigenvalue weighted by Gasteiger charge is -2.14. The molecule has 0 saturated heterocycles. The maximum Gasteiger partial charge on any atom is 0.0408 e. The summed E-state index contributed by atoms with van der Waals surface area (Å²) in [5.74, 6) is 0. The largest absolute Gasteiger partial charge is 0.295 e. The molecule has 0 aromatic heterocycles. The first kappa shape index (κ1) is 12.7. The van der Waals surface area contributed by atoms with E-state index in [2.05, 4.69) is 41.3 Å². The second-order valence-electron chi connectivity index (χ2n) is 5.21. The Kier molecular flexibility index (Phi) is 3.86. The molecule has 0 fully saturated rings. The van der Waals surface area contributed by atoms with Crippen LogP contribution in [0.1, 0.15) is 23.1 Å². The average molecular weight is 272 g/mol. The Labute approximate surface area is 119 Å². The number of aryl methyl sites for hydroxylation is 1. The van der Waals surface area contributed by atoms with E-state index in [1.807, 2.05) is 12.1 Å². The Hall–Kier alpha value is -1.31. The van der Waals surface area contributed by atoms with Crippen LogP contribution in [-0.2, 0) is 19.5 Å². The lowest BCUT2D eigenvalue weighted by Crippen LogP contribution is -2.18. The van der Waals surface area contributed by atoms with Gasteiger partial charge in [0, 0.05) is 18.1 Å². The van der Waals surface area contributed by atoms with Gasteiger partial charge in [0.05, 0.1) is 0 Å². The molecular weight excluding hydrogens is 254 g/mol. The molecule has 1 aliphatic rings. The minimum atomic E-state index is 0.839. The van der Waals surface area contributed by atoms with Crippen molar-refractivity contribution in [2.24, 2.45) is 0 Å². The van der Waals surface area contributed by atoms with Crippen LogP contribution in [0.3, 0.4) is 0 Å². The maximum absolute atomic E-state index is 6.00. The van der Waals surface area contributed by atoms with Gasteiger partial charge in [-0.25, -0.2) is 0 Å². The van der Waals surface area contributed by atoms with E-state index >= 15 is 0 Å². The van der Waals surface area contributed by atoms with Gasteiger partial charge < -0.3 is 0 Å². The van der Waals surface area contributed by atoms with Crippen molar-refractivity contribution in [2.45, 2.75) is 25.9 Å². The molecule has 0 radical (unpaired) electrons. The molecule has 1 heterocycles. The van der Waals surface area contributed by atoms with Gasteiger partial charge in [-0.1, -0.05) is 48.0 Å². The number of fused-ring (bicyclic) bond motifs is 1. The molecule has 0 saturated carbocycles. The van der Waals surface area contributed by atoms with Crippen molar-refractivity contribution in [3.8, 4) is 0 Å². The molecule has 2 aromatic carbocycles. The molecule has 0 amide bonds. The van der Waals surface area contributed by atoms with Crippen LogP contribution in [0.2, 0.25) is 5.02 Å². The Morgan fingerprint density at radius 1 is 0.947 bits per heavy atom. The normalized spacial score (nSPS) is 14.6. The minimum Gasteiger partial charge on any atom is -0.295 e. The fourth-order valence-corrected chi connectivity index (χ4v) is 2.97. The van der Waals surface area contributed by atoms with Crippen molar-refractivity contribution < 1.29 is 0 Å². The number of halogens is 1. The summed E-state index contributed by atoms with van der Waals surface area (Å²) in [6.07, 6.45) is 2.29. The molecule has 2 aromatic rings. The summed E-state index contributed by atoms with van der Waals surface area (Å²) in [5, 5.41) is 0.839. The molecule has 1 aliphatic heterocycles. The molecular formula is C17H18ClN. The van der Waals surface area contributed by atoms with E-state index in [9.17, 15) is 0 Å². The number of rotatable bonds is 4. The Bertz CT molecular complexity index is 540. The summed E-state index contributed by atoms with van der Waals surface area (Å²) in [5.41, 5.74) is 4.32. The van der Waals surface area contributed by atoms with Crippen molar-refractivity contribution in [3.05, 3.63) is 70.2 Å². The highest BCUT2D eigenvalue weighted by Crippen LogP contribution is 2.22. The Morgan fingerprint density at radius 3 is 2.37 bits per heavy atom. The van der Waals surface area contributed by atoms with Gasteiger partial charge in [0.2, 0.25) is 0 Å². The second-order valence-corrected chi connectivity index (χ2v) is 5.65. The third-order valence-electron chi connectivity index (χ3n) is 3.74. The summed E-state index contributed by atoms with van der Waals surface area (Å²) in [4.78, 5) is 2.52. The third-order valence-corrected chi connectivity index (χ3v) is 3.97. The average Bonchev–Trinajstić information content (AvgIpc) is 2.81. The number of hydrogen-bond donors (Lipinski definition) is 0. The molecule has 0 atom stereocenters. The summed E-state index contributed by atoms with van der Waals surface area (Å²) in [6, 6.07) is 16.9. The van der Waals surface area contributed by atoms with Gasteiger partial charge >= 0.3 is 0 Å². The van der Waals surface area contributed by atoms with Gasteiger partial charge in [-0.05, 0) is 48.2 Å². The molecule has 0 N–H and O–H groups in total. The third kappa shape index (κ3) is 3.17. The smallest absolute Gasteiger partial charge is 0.0408 e. The predicted molar refractivity (Wildman–Crippen MR) is 80.3 cm³/mol. The first-order valence-corrected chi connectivity index (χ1v) is 7.23. The fourth-order valence-electron chi connectivity index (χ4n) is 2.76. The van der Waals surface area contributed by atoms with Gasteiger partial charge in [0.25, 0.3) is 0 Å². The molecule has 3 rings (SSSR count). The molecule has 0 aliphatic carbocycles. The molecule has 0 spiro atoms. The SMILES string of the molecule is Clc1cccc(CCCN2Cc3ccccc3C2)c1. The zero-order valence-corrected chi connectivity index (χ0v) is 11.7. The zero-order valence-electron chi connectivity index (χ0n) is 11.0. The van der Waals surface area contributed by atoms with E-state index in [-0.39, 0.29) is 0 Å². The van der Waals surface area contributed by atoms with Crippen molar-refractivity contribution >= 4 is 11.6 Å². The van der Waals surface area contributed by atoms with E-state index in [1.165, 1.54) is 23.1 Å². The summed E-state index contributed by atoms with van der Waals surface area (Å²) >= 11 is 6.00. The molecule has 2 heteroatoms. The number of nitrogens with zero attached hydrogens (tertiary/aromatic N) is 1. The summed E-state index contributed by atoms with van der Waals surface area (Å²) in [7, 11) is 0. The van der Waals surface area contributed by atoms with Crippen molar-refractivity contribution in [1.29, 1.82) is 0 Å². The monoisotopic (exact) mass is 271 g/mol. The molecule has 0 unspecified atom stereocenters. The molecule has 1 nitrogen and oxygen atoms in total. The zero-order chi connectivity index (χ0) is 13.1. The first-order valence-electron chi connectivity index (χ1n) is 6.85. The highest BCUT2D eigenvalue weighted by atomic mass is 35.5. The highest BCUT2D eigenvalue weighted by molar-refractivity contribution is 6.30. The lowest BCUT2D eigenvalue weighted by atomic mass is 10.1. The van der Waals surface area contributed by atoms with Crippen LogP contribution >= 0.6 is 11.6 Å². The van der Waals surface area contributed by atoms with Crippen LogP contribution in [-0.4, -0.2) is 11.4 Å². The van der Waals surface area contributed by atoms with E-state index in [0.29, 0.717) is 0 Å². The van der Waals surface area contributed by atoms with Crippen LogP contribution in [0.15, 0.2) is 48.5 Å². The van der Waals surface area contributed by atoms with Gasteiger partial charge in [-0.3, -0.25) is 4.90 Å². The first-order chi connectivity index (χ1) is 9.31. The topological polar surface area (TPSA) is 3.24 Å². The number of hydrogen-bond acceptors (Lipinski definition) is 1. The lowest BCUT2D eigenvalue weighted by molar-refractivity contribution is 0.280. The van der Waals surface area contributed by atoms with Crippen molar-refractivity contribution in [2.75, 3.05) is 6.54 Å². The van der Waals surface area contributed by atoms with E-state index in [0.717, 1.165) is 31.1 Å². The maximum atomic E-state index is 6.00. The van der Waals surface area contributed by atoms with Gasteiger partial charge in [0.1, 0.15) is 0 Å². The van der Waals surface area contributed by atoms with Crippen LogP contribution in [0.4, 0.5) is 0 Å².